The standard InChI is InChI=1S/C21H29N4S/c22-19(14-4-5-14)11-21(23)25-20-3-1-2-17(20)13-26-18-7-6-16-12-24-9-8-15(16)10-18/h6-7,10-11,14,17,20,24H,1-5,8-9,12-13,22H2,(H-,23,25)/q-1/b19-11-/t17-,20?/m0/s1. The van der Waals surface area contributed by atoms with Gasteiger partial charge < -0.3 is 21.8 Å². The van der Waals surface area contributed by atoms with Crippen molar-refractivity contribution in [3.8, 4) is 0 Å². The van der Waals surface area contributed by atoms with Crippen molar-refractivity contribution < 1.29 is 0 Å². The number of rotatable bonds is 6. The molecule has 4 nitrogen and oxygen atoms in total. The first-order valence-corrected chi connectivity index (χ1v) is 10.9. The van der Waals surface area contributed by atoms with Crippen LogP contribution in [0.3, 0.4) is 0 Å². The zero-order valence-corrected chi connectivity index (χ0v) is 16.2. The van der Waals surface area contributed by atoms with Crippen LogP contribution in [-0.4, -0.2) is 24.2 Å². The second-order valence-corrected chi connectivity index (χ2v) is 9.01. The Labute approximate surface area is 160 Å². The molecule has 26 heavy (non-hydrogen) atoms. The predicted octanol–water partition coefficient (Wildman–Crippen LogP) is 3.40. The second-order valence-electron chi connectivity index (χ2n) is 7.91. The Hall–Kier alpha value is -1.46. The number of fused-ring (bicyclic) bond motifs is 1. The Morgan fingerprint density at radius 3 is 3.00 bits per heavy atom. The maximum Gasteiger partial charge on any atom is 0.0208 e. The summed E-state index contributed by atoms with van der Waals surface area (Å²) in [7, 11) is 0. The first-order valence-electron chi connectivity index (χ1n) is 9.94. The van der Waals surface area contributed by atoms with Gasteiger partial charge in [0, 0.05) is 22.9 Å². The summed E-state index contributed by atoms with van der Waals surface area (Å²) in [6, 6.07) is 7.27. The number of nitrogens with zero attached hydrogens (tertiary/aromatic N) is 1. The average molecular weight is 370 g/mol. The summed E-state index contributed by atoms with van der Waals surface area (Å²) in [5, 5.41) is 17.0. The lowest BCUT2D eigenvalue weighted by Crippen LogP contribution is -2.37. The van der Waals surface area contributed by atoms with Crippen LogP contribution in [0, 0.1) is 11.8 Å². The van der Waals surface area contributed by atoms with E-state index >= 15 is 0 Å². The van der Waals surface area contributed by atoms with E-state index in [-0.39, 0.29) is 5.84 Å². The Kier molecular flexibility index (Phi) is 5.55. The smallest absolute Gasteiger partial charge is 0.0208 e. The largest absolute Gasteiger partial charge is 0.478 e. The van der Waals surface area contributed by atoms with Gasteiger partial charge >= 0.3 is 0 Å². The molecule has 2 saturated carbocycles. The molecular formula is C21H29N4S-. The van der Waals surface area contributed by atoms with Crippen LogP contribution in [0.5, 0.6) is 0 Å². The first kappa shape index (κ1) is 17.9. The zero-order chi connectivity index (χ0) is 17.9. The van der Waals surface area contributed by atoms with E-state index in [9.17, 15) is 5.41 Å². The van der Waals surface area contributed by atoms with Gasteiger partial charge in [-0.3, -0.25) is 0 Å². The molecule has 140 valence electrons. The summed E-state index contributed by atoms with van der Waals surface area (Å²) in [4.78, 5) is 1.38. The van der Waals surface area contributed by atoms with Gasteiger partial charge in [-0.25, -0.2) is 0 Å². The van der Waals surface area contributed by atoms with E-state index in [0.29, 0.717) is 17.9 Å². The Morgan fingerprint density at radius 2 is 2.15 bits per heavy atom. The van der Waals surface area contributed by atoms with Gasteiger partial charge in [0.2, 0.25) is 0 Å². The summed E-state index contributed by atoms with van der Waals surface area (Å²) in [6.45, 7) is 2.09. The van der Waals surface area contributed by atoms with Gasteiger partial charge in [0.05, 0.1) is 0 Å². The summed E-state index contributed by atoms with van der Waals surface area (Å²) in [5.41, 5.74) is 9.78. The lowest BCUT2D eigenvalue weighted by Gasteiger charge is -2.28. The highest BCUT2D eigenvalue weighted by molar-refractivity contribution is 7.99. The maximum absolute atomic E-state index is 10.2. The molecular weight excluding hydrogens is 340 g/mol. The first-order chi connectivity index (χ1) is 12.7. The van der Waals surface area contributed by atoms with E-state index in [0.717, 1.165) is 50.2 Å². The molecule has 1 aromatic carbocycles. The van der Waals surface area contributed by atoms with Crippen LogP contribution in [0.4, 0.5) is 0 Å². The molecule has 3 aliphatic rings. The minimum atomic E-state index is 0.248. The summed E-state index contributed by atoms with van der Waals surface area (Å²) in [5.74, 6) is 2.44. The van der Waals surface area contributed by atoms with Crippen LogP contribution in [0.15, 0.2) is 34.9 Å². The molecule has 5 heteroatoms. The van der Waals surface area contributed by atoms with Crippen LogP contribution >= 0.6 is 11.8 Å². The minimum Gasteiger partial charge on any atom is -0.478 e. The van der Waals surface area contributed by atoms with Gasteiger partial charge in [0.1, 0.15) is 0 Å². The van der Waals surface area contributed by atoms with E-state index in [4.69, 9.17) is 5.73 Å². The van der Waals surface area contributed by atoms with Crippen LogP contribution in [0.25, 0.3) is 5.41 Å². The Balaban J connectivity index is 1.31. The van der Waals surface area contributed by atoms with Crippen LogP contribution < -0.4 is 16.4 Å². The number of nitrogens with one attached hydrogen (secondary N) is 2. The fourth-order valence-corrected chi connectivity index (χ4v) is 5.29. The third kappa shape index (κ3) is 4.44. The van der Waals surface area contributed by atoms with Crippen molar-refractivity contribution in [2.24, 2.45) is 17.6 Å². The van der Waals surface area contributed by atoms with Crippen molar-refractivity contribution in [1.29, 1.82) is 0 Å². The van der Waals surface area contributed by atoms with E-state index < -0.39 is 0 Å². The third-order valence-electron chi connectivity index (χ3n) is 5.87. The lowest BCUT2D eigenvalue weighted by atomic mass is 10.0. The Bertz CT molecular complexity index is 695. The second kappa shape index (κ2) is 8.05. The fourth-order valence-electron chi connectivity index (χ4n) is 4.10. The van der Waals surface area contributed by atoms with Gasteiger partial charge in [-0.05, 0) is 79.4 Å². The number of hydrogen-bond donors (Lipinski definition) is 3. The highest BCUT2D eigenvalue weighted by Gasteiger charge is 2.26. The molecule has 0 saturated heterocycles. The van der Waals surface area contributed by atoms with Crippen molar-refractivity contribution >= 4 is 17.6 Å². The molecule has 0 aromatic heterocycles. The van der Waals surface area contributed by atoms with Crippen molar-refractivity contribution in [2.45, 2.75) is 56.0 Å². The molecule has 2 aliphatic carbocycles. The predicted molar refractivity (Wildman–Crippen MR) is 110 cm³/mol. The molecule has 0 amide bonds. The molecule has 4 rings (SSSR count). The number of amidine groups is 1. The summed E-state index contributed by atoms with van der Waals surface area (Å²) < 4.78 is 0. The topological polar surface area (TPSA) is 72.4 Å². The quantitative estimate of drug-likeness (QED) is 0.408. The molecule has 4 N–H and O–H groups in total. The fraction of sp³-hybridized carbons (Fsp3) is 0.571. The molecule has 0 bridgehead atoms. The molecule has 2 fully saturated rings. The van der Waals surface area contributed by atoms with Crippen LogP contribution in [-0.2, 0) is 13.0 Å². The molecule has 0 spiro atoms. The monoisotopic (exact) mass is 369 g/mol. The Morgan fingerprint density at radius 1 is 1.27 bits per heavy atom. The highest BCUT2D eigenvalue weighted by Crippen LogP contribution is 2.34. The van der Waals surface area contributed by atoms with Crippen LogP contribution in [0.1, 0.15) is 43.2 Å². The minimum absolute atomic E-state index is 0.248. The number of nitrogens with two attached hydrogens (primary N) is 1. The SMILES string of the molecule is [N-]=C(/C=C(\N)C1CC1)NC1CCC[C@H]1CSc1ccc2c(c1)CCNC2. The van der Waals surface area contributed by atoms with Gasteiger partial charge in [-0.15, -0.1) is 11.8 Å². The molecule has 0 radical (unpaired) electrons. The molecule has 1 heterocycles. The van der Waals surface area contributed by atoms with E-state index in [1.807, 2.05) is 11.8 Å². The van der Waals surface area contributed by atoms with Gasteiger partial charge in [-0.1, -0.05) is 24.7 Å². The molecule has 1 aromatic rings. The van der Waals surface area contributed by atoms with E-state index in [1.54, 1.807) is 6.08 Å². The van der Waals surface area contributed by atoms with E-state index in [2.05, 4.69) is 28.8 Å². The van der Waals surface area contributed by atoms with Gasteiger partial charge in [-0.2, -0.15) is 0 Å². The normalized spacial score (nSPS) is 25.8. The van der Waals surface area contributed by atoms with E-state index in [1.165, 1.54) is 28.9 Å². The van der Waals surface area contributed by atoms with Gasteiger partial charge in [0.25, 0.3) is 0 Å². The molecule has 2 atom stereocenters. The van der Waals surface area contributed by atoms with Crippen LogP contribution in [0.2, 0.25) is 0 Å². The number of allylic oxidation sites excluding steroid dienone is 1. The summed E-state index contributed by atoms with van der Waals surface area (Å²) in [6.07, 6.45) is 8.78. The lowest BCUT2D eigenvalue weighted by molar-refractivity contribution is 0.496. The van der Waals surface area contributed by atoms with Crippen molar-refractivity contribution in [3.05, 3.63) is 46.5 Å². The highest BCUT2D eigenvalue weighted by atomic mass is 32.2. The third-order valence-corrected chi connectivity index (χ3v) is 7.05. The van der Waals surface area contributed by atoms with Crippen molar-refractivity contribution in [1.82, 2.24) is 10.6 Å². The zero-order valence-electron chi connectivity index (χ0n) is 15.3. The maximum atomic E-state index is 10.2. The van der Waals surface area contributed by atoms with Crippen molar-refractivity contribution in [2.75, 3.05) is 12.3 Å². The van der Waals surface area contributed by atoms with Crippen molar-refractivity contribution in [3.63, 3.8) is 0 Å². The average Bonchev–Trinajstić information content (AvgIpc) is 3.41. The summed E-state index contributed by atoms with van der Waals surface area (Å²) >= 11 is 1.96. The number of thioether (sulfide) groups is 1. The number of hydrogen-bond acceptors (Lipinski definition) is 3. The number of benzene rings is 1. The molecule has 1 aliphatic heterocycles. The molecule has 1 unspecified atom stereocenters. The van der Waals surface area contributed by atoms with Gasteiger partial charge in [0.15, 0.2) is 0 Å².